The molecule has 0 saturated carbocycles. The SMILES string of the molecule is COc1ccc(NC(=O)c2c(Nc3ccccc3)nn3c(-c4ccccc4)cc(C)nc23)cc1. The highest BCUT2D eigenvalue weighted by Crippen LogP contribution is 2.29. The van der Waals surface area contributed by atoms with Crippen LogP contribution < -0.4 is 15.4 Å². The van der Waals surface area contributed by atoms with Crippen LogP contribution in [-0.2, 0) is 0 Å². The van der Waals surface area contributed by atoms with E-state index in [0.29, 0.717) is 28.5 Å². The molecule has 168 valence electrons. The molecule has 0 atom stereocenters. The van der Waals surface area contributed by atoms with E-state index in [4.69, 9.17) is 14.8 Å². The molecule has 5 aromatic rings. The van der Waals surface area contributed by atoms with Crippen molar-refractivity contribution in [2.45, 2.75) is 6.92 Å². The quantitative estimate of drug-likeness (QED) is 0.347. The average Bonchev–Trinajstić information content (AvgIpc) is 3.22. The Balaban J connectivity index is 1.65. The molecular formula is C27H23N5O2. The Hall–Kier alpha value is -4.65. The molecule has 0 aliphatic heterocycles. The van der Waals surface area contributed by atoms with Crippen LogP contribution in [0.15, 0.2) is 91.0 Å². The van der Waals surface area contributed by atoms with E-state index >= 15 is 0 Å². The van der Waals surface area contributed by atoms with E-state index in [1.165, 1.54) is 0 Å². The van der Waals surface area contributed by atoms with E-state index in [0.717, 1.165) is 22.6 Å². The molecule has 0 fully saturated rings. The fourth-order valence-electron chi connectivity index (χ4n) is 3.78. The molecule has 7 heteroatoms. The fourth-order valence-corrected chi connectivity index (χ4v) is 3.78. The van der Waals surface area contributed by atoms with Gasteiger partial charge >= 0.3 is 0 Å². The second-order valence-corrected chi connectivity index (χ2v) is 7.78. The van der Waals surface area contributed by atoms with Gasteiger partial charge < -0.3 is 15.4 Å². The Bertz CT molecular complexity index is 1450. The standard InChI is InChI=1S/C27H23N5O2/c1-18-17-23(19-9-5-3-6-10-19)32-26(28-18)24(25(31-32)29-20-11-7-4-8-12-20)27(33)30-21-13-15-22(34-2)16-14-21/h3-17H,1-2H3,(H,29,31)(H,30,33). The number of hydrogen-bond acceptors (Lipinski definition) is 5. The van der Waals surface area contributed by atoms with Gasteiger partial charge in [0.05, 0.1) is 12.8 Å². The molecule has 1 amide bonds. The van der Waals surface area contributed by atoms with Crippen LogP contribution in [0.25, 0.3) is 16.9 Å². The summed E-state index contributed by atoms with van der Waals surface area (Å²) >= 11 is 0. The Kier molecular flexibility index (Phi) is 5.66. The molecule has 3 aromatic carbocycles. The van der Waals surface area contributed by atoms with Gasteiger partial charge in [-0.05, 0) is 49.4 Å². The van der Waals surface area contributed by atoms with E-state index in [-0.39, 0.29) is 5.91 Å². The summed E-state index contributed by atoms with van der Waals surface area (Å²) in [5.74, 6) is 0.827. The van der Waals surface area contributed by atoms with Gasteiger partial charge in [0.25, 0.3) is 5.91 Å². The maximum Gasteiger partial charge on any atom is 0.263 e. The number of anilines is 3. The summed E-state index contributed by atoms with van der Waals surface area (Å²) in [4.78, 5) is 18.2. The topological polar surface area (TPSA) is 80.5 Å². The lowest BCUT2D eigenvalue weighted by atomic mass is 10.1. The highest BCUT2D eigenvalue weighted by Gasteiger charge is 2.24. The molecule has 5 rings (SSSR count). The van der Waals surface area contributed by atoms with Crippen LogP contribution in [0.4, 0.5) is 17.2 Å². The van der Waals surface area contributed by atoms with Gasteiger partial charge in [-0.3, -0.25) is 4.79 Å². The molecule has 2 N–H and O–H groups in total. The summed E-state index contributed by atoms with van der Waals surface area (Å²) in [5, 5.41) is 11.0. The van der Waals surface area contributed by atoms with E-state index in [2.05, 4.69) is 10.6 Å². The molecular weight excluding hydrogens is 426 g/mol. The number of aromatic nitrogens is 3. The summed E-state index contributed by atoms with van der Waals surface area (Å²) in [7, 11) is 1.60. The van der Waals surface area contributed by atoms with Gasteiger partial charge in [0.1, 0.15) is 11.3 Å². The molecule has 0 unspecified atom stereocenters. The molecule has 0 radical (unpaired) electrons. The summed E-state index contributed by atoms with van der Waals surface area (Å²) in [6.45, 7) is 1.91. The number of hydrogen-bond donors (Lipinski definition) is 2. The first-order valence-electron chi connectivity index (χ1n) is 10.9. The van der Waals surface area contributed by atoms with Crippen LogP contribution in [0.1, 0.15) is 16.1 Å². The summed E-state index contributed by atoms with van der Waals surface area (Å²) in [6, 6.07) is 28.7. The van der Waals surface area contributed by atoms with Crippen molar-refractivity contribution in [3.05, 3.63) is 102 Å². The highest BCUT2D eigenvalue weighted by atomic mass is 16.5. The van der Waals surface area contributed by atoms with Gasteiger partial charge in [-0.1, -0.05) is 48.5 Å². The van der Waals surface area contributed by atoms with Crippen molar-refractivity contribution >= 4 is 28.7 Å². The van der Waals surface area contributed by atoms with Gasteiger partial charge in [0, 0.05) is 22.6 Å². The largest absolute Gasteiger partial charge is 0.497 e. The molecule has 2 aromatic heterocycles. The number of ether oxygens (including phenoxy) is 1. The van der Waals surface area contributed by atoms with Gasteiger partial charge in [0.2, 0.25) is 0 Å². The number of aryl methyl sites for hydroxylation is 1. The smallest absolute Gasteiger partial charge is 0.263 e. The molecule has 34 heavy (non-hydrogen) atoms. The number of methoxy groups -OCH3 is 1. The molecule has 2 heterocycles. The first-order valence-corrected chi connectivity index (χ1v) is 10.9. The molecule has 7 nitrogen and oxygen atoms in total. The third-order valence-electron chi connectivity index (χ3n) is 5.40. The van der Waals surface area contributed by atoms with E-state index < -0.39 is 0 Å². The molecule has 0 aliphatic rings. The number of carbonyl (C=O) groups is 1. The van der Waals surface area contributed by atoms with Crippen molar-refractivity contribution in [1.82, 2.24) is 14.6 Å². The summed E-state index contributed by atoms with van der Waals surface area (Å²) in [6.07, 6.45) is 0. The molecule has 0 spiro atoms. The first kappa shape index (κ1) is 21.2. The minimum absolute atomic E-state index is 0.310. The Morgan fingerprint density at radius 3 is 2.24 bits per heavy atom. The zero-order valence-corrected chi connectivity index (χ0v) is 18.8. The lowest BCUT2D eigenvalue weighted by Crippen LogP contribution is -2.14. The van der Waals surface area contributed by atoms with Gasteiger partial charge in [0.15, 0.2) is 11.5 Å². The average molecular weight is 450 g/mol. The van der Waals surface area contributed by atoms with Crippen LogP contribution >= 0.6 is 0 Å². The third kappa shape index (κ3) is 4.19. The van der Waals surface area contributed by atoms with Crippen molar-refractivity contribution in [2.24, 2.45) is 0 Å². The molecule has 0 bridgehead atoms. The summed E-state index contributed by atoms with van der Waals surface area (Å²) < 4.78 is 6.93. The molecule has 0 saturated heterocycles. The van der Waals surface area contributed by atoms with Gasteiger partial charge in [-0.15, -0.1) is 5.10 Å². The van der Waals surface area contributed by atoms with Crippen LogP contribution in [-0.4, -0.2) is 27.6 Å². The zero-order chi connectivity index (χ0) is 23.5. The van der Waals surface area contributed by atoms with Crippen LogP contribution in [0.2, 0.25) is 0 Å². The minimum Gasteiger partial charge on any atom is -0.497 e. The summed E-state index contributed by atoms with van der Waals surface area (Å²) in [5.41, 5.74) is 4.92. The van der Waals surface area contributed by atoms with Crippen molar-refractivity contribution in [3.8, 4) is 17.0 Å². The normalized spacial score (nSPS) is 10.8. The second kappa shape index (κ2) is 9.07. The maximum atomic E-state index is 13.5. The van der Waals surface area contributed by atoms with E-state index in [1.807, 2.05) is 73.7 Å². The molecule has 0 aliphatic carbocycles. The number of rotatable bonds is 6. The fraction of sp³-hybridized carbons (Fsp3) is 0.0741. The Labute approximate surface area is 197 Å². The lowest BCUT2D eigenvalue weighted by molar-refractivity contribution is 0.102. The lowest BCUT2D eigenvalue weighted by Gasteiger charge is -2.09. The first-order chi connectivity index (χ1) is 16.6. The number of nitrogens with one attached hydrogen (secondary N) is 2. The van der Waals surface area contributed by atoms with Crippen molar-refractivity contribution < 1.29 is 9.53 Å². The number of fused-ring (bicyclic) bond motifs is 1. The number of para-hydroxylation sites is 1. The second-order valence-electron chi connectivity index (χ2n) is 7.78. The monoisotopic (exact) mass is 449 g/mol. The van der Waals surface area contributed by atoms with Crippen LogP contribution in [0.5, 0.6) is 5.75 Å². The third-order valence-corrected chi connectivity index (χ3v) is 5.40. The van der Waals surface area contributed by atoms with Gasteiger partial charge in [-0.2, -0.15) is 0 Å². The number of nitrogens with zero attached hydrogens (tertiary/aromatic N) is 3. The number of benzene rings is 3. The van der Waals surface area contributed by atoms with Crippen LogP contribution in [0, 0.1) is 6.92 Å². The Morgan fingerprint density at radius 2 is 1.56 bits per heavy atom. The van der Waals surface area contributed by atoms with Gasteiger partial charge in [-0.25, -0.2) is 9.50 Å². The van der Waals surface area contributed by atoms with Crippen molar-refractivity contribution in [2.75, 3.05) is 17.7 Å². The maximum absolute atomic E-state index is 13.5. The highest BCUT2D eigenvalue weighted by molar-refractivity contribution is 6.12. The number of amides is 1. The van der Waals surface area contributed by atoms with E-state index in [1.54, 1.807) is 35.9 Å². The van der Waals surface area contributed by atoms with E-state index in [9.17, 15) is 4.79 Å². The minimum atomic E-state index is -0.310. The Morgan fingerprint density at radius 1 is 0.882 bits per heavy atom. The van der Waals surface area contributed by atoms with Crippen molar-refractivity contribution in [3.63, 3.8) is 0 Å². The van der Waals surface area contributed by atoms with Crippen LogP contribution in [0.3, 0.4) is 0 Å². The van der Waals surface area contributed by atoms with Crippen molar-refractivity contribution in [1.29, 1.82) is 0 Å². The predicted octanol–water partition coefficient (Wildman–Crippen LogP) is 5.71. The predicted molar refractivity (Wildman–Crippen MR) is 134 cm³/mol. The number of carbonyl (C=O) groups excluding carboxylic acids is 1. The zero-order valence-electron chi connectivity index (χ0n) is 18.8.